The minimum Gasteiger partial charge on any atom is -0.389 e. The maximum absolute atomic E-state index is 9.76. The number of aliphatic hydroxyl groups is 1. The van der Waals surface area contributed by atoms with Gasteiger partial charge in [-0.1, -0.05) is 0 Å². The first-order valence-electron chi connectivity index (χ1n) is 4.86. The molecule has 1 atom stereocenters. The molecular formula is C10H15N3O. The van der Waals surface area contributed by atoms with Gasteiger partial charge in [0.1, 0.15) is 5.82 Å². The van der Waals surface area contributed by atoms with Gasteiger partial charge in [0.25, 0.3) is 0 Å². The van der Waals surface area contributed by atoms with E-state index in [9.17, 15) is 5.11 Å². The number of aromatic nitrogens is 2. The summed E-state index contributed by atoms with van der Waals surface area (Å²) in [6, 6.07) is 1.81. The van der Waals surface area contributed by atoms with E-state index in [2.05, 4.69) is 14.9 Å². The summed E-state index contributed by atoms with van der Waals surface area (Å²) in [4.78, 5) is 10.5. The molecule has 1 aromatic rings. The van der Waals surface area contributed by atoms with Gasteiger partial charge < -0.3 is 5.11 Å². The third-order valence-electron chi connectivity index (χ3n) is 2.52. The first kappa shape index (κ1) is 9.55. The smallest absolute Gasteiger partial charge is 0.142 e. The van der Waals surface area contributed by atoms with E-state index >= 15 is 0 Å². The molecule has 0 aliphatic carbocycles. The predicted molar refractivity (Wildman–Crippen MR) is 52.5 cm³/mol. The van der Waals surface area contributed by atoms with Crippen LogP contribution in [-0.2, 0) is 6.54 Å². The van der Waals surface area contributed by atoms with Gasteiger partial charge in [0.15, 0.2) is 0 Å². The third-order valence-corrected chi connectivity index (χ3v) is 2.52. The first-order chi connectivity index (χ1) is 6.66. The number of hydrogen-bond acceptors (Lipinski definition) is 4. The van der Waals surface area contributed by atoms with Gasteiger partial charge in [0, 0.05) is 25.5 Å². The lowest BCUT2D eigenvalue weighted by molar-refractivity contribution is 0.0676. The molecule has 1 fully saturated rings. The highest BCUT2D eigenvalue weighted by Gasteiger charge is 2.31. The molecule has 76 valence electrons. The quantitative estimate of drug-likeness (QED) is 0.740. The Kier molecular flexibility index (Phi) is 2.48. The van der Waals surface area contributed by atoms with Crippen molar-refractivity contribution in [3.8, 4) is 0 Å². The summed E-state index contributed by atoms with van der Waals surface area (Å²) in [7, 11) is 0. The Hall–Kier alpha value is -1.00. The van der Waals surface area contributed by atoms with Crippen LogP contribution in [0.3, 0.4) is 0 Å². The lowest BCUT2D eigenvalue weighted by atomic mass is 10.1. The second-order valence-corrected chi connectivity index (χ2v) is 4.12. The van der Waals surface area contributed by atoms with Gasteiger partial charge in [-0.2, -0.15) is 0 Å². The Bertz CT molecular complexity index is 299. The molecule has 4 heteroatoms. The van der Waals surface area contributed by atoms with Crippen LogP contribution in [0.15, 0.2) is 18.5 Å². The molecule has 0 amide bonds. The molecule has 1 saturated heterocycles. The van der Waals surface area contributed by atoms with Crippen molar-refractivity contribution >= 4 is 0 Å². The molecule has 4 nitrogen and oxygen atoms in total. The molecule has 1 aliphatic rings. The molecule has 0 radical (unpaired) electrons. The number of β-amino-alcohol motifs (C(OH)–C–C–N with tert-alkyl or cyclic N) is 1. The fourth-order valence-electron chi connectivity index (χ4n) is 1.79. The van der Waals surface area contributed by atoms with Crippen LogP contribution in [0, 0.1) is 0 Å². The minimum absolute atomic E-state index is 0.533. The summed E-state index contributed by atoms with van der Waals surface area (Å²) in [6.45, 7) is 4.24. The van der Waals surface area contributed by atoms with Crippen molar-refractivity contribution in [1.29, 1.82) is 0 Å². The highest BCUT2D eigenvalue weighted by molar-refractivity contribution is 4.92. The summed E-state index contributed by atoms with van der Waals surface area (Å²) in [5.74, 6) is 0.824. The normalized spacial score (nSPS) is 28.1. The first-order valence-corrected chi connectivity index (χ1v) is 4.86. The largest absolute Gasteiger partial charge is 0.389 e. The lowest BCUT2D eigenvalue weighted by Crippen LogP contribution is -2.29. The van der Waals surface area contributed by atoms with Gasteiger partial charge in [-0.25, -0.2) is 9.97 Å². The molecule has 0 aromatic carbocycles. The van der Waals surface area contributed by atoms with Crippen LogP contribution < -0.4 is 0 Å². The highest BCUT2D eigenvalue weighted by atomic mass is 16.3. The third kappa shape index (κ3) is 2.27. The molecule has 0 bridgehead atoms. The van der Waals surface area contributed by atoms with E-state index in [1.165, 1.54) is 0 Å². The van der Waals surface area contributed by atoms with Crippen LogP contribution in [0.25, 0.3) is 0 Å². The number of likely N-dealkylation sites (tertiary alicyclic amines) is 1. The molecule has 14 heavy (non-hydrogen) atoms. The van der Waals surface area contributed by atoms with Crippen LogP contribution in [0.5, 0.6) is 0 Å². The second-order valence-electron chi connectivity index (χ2n) is 4.12. The maximum Gasteiger partial charge on any atom is 0.142 e. The summed E-state index contributed by atoms with van der Waals surface area (Å²) < 4.78 is 0. The maximum atomic E-state index is 9.76. The Morgan fingerprint density at radius 3 is 2.79 bits per heavy atom. The number of nitrogens with zero attached hydrogens (tertiary/aromatic N) is 3. The molecule has 0 saturated carbocycles. The van der Waals surface area contributed by atoms with E-state index < -0.39 is 5.60 Å². The topological polar surface area (TPSA) is 49.2 Å². The molecule has 2 heterocycles. The average molecular weight is 193 g/mol. The molecule has 0 spiro atoms. The van der Waals surface area contributed by atoms with Crippen molar-refractivity contribution in [1.82, 2.24) is 14.9 Å². The number of hydrogen-bond donors (Lipinski definition) is 1. The van der Waals surface area contributed by atoms with Crippen molar-refractivity contribution < 1.29 is 5.11 Å². The van der Waals surface area contributed by atoms with Gasteiger partial charge in [0.05, 0.1) is 12.1 Å². The van der Waals surface area contributed by atoms with Crippen LogP contribution in [0.2, 0.25) is 0 Å². The van der Waals surface area contributed by atoms with Crippen molar-refractivity contribution in [3.05, 3.63) is 24.3 Å². The van der Waals surface area contributed by atoms with Gasteiger partial charge >= 0.3 is 0 Å². The number of rotatable bonds is 2. The Labute approximate surface area is 83.6 Å². The molecule has 1 aromatic heterocycles. The van der Waals surface area contributed by atoms with E-state index in [1.54, 1.807) is 12.4 Å². The molecule has 2 rings (SSSR count). The van der Waals surface area contributed by atoms with Gasteiger partial charge in [-0.3, -0.25) is 4.90 Å². The van der Waals surface area contributed by atoms with Gasteiger partial charge in [-0.15, -0.1) is 0 Å². The standard InChI is InChI=1S/C10H15N3O/c1-10(14)3-6-13(8-10)7-9-11-4-2-5-12-9/h2,4-5,14H,3,6-8H2,1H3. The Balaban J connectivity index is 1.94. The zero-order valence-electron chi connectivity index (χ0n) is 8.35. The SMILES string of the molecule is CC1(O)CCN(Cc2ncccn2)C1. The minimum atomic E-state index is -0.533. The molecule has 1 aliphatic heterocycles. The van der Waals surface area contributed by atoms with Crippen LogP contribution >= 0.6 is 0 Å². The predicted octanol–water partition coefficient (Wildman–Crippen LogP) is 0.433. The lowest BCUT2D eigenvalue weighted by Gasteiger charge is -2.17. The summed E-state index contributed by atoms with van der Waals surface area (Å²) in [5.41, 5.74) is -0.533. The fraction of sp³-hybridized carbons (Fsp3) is 0.600. The van der Waals surface area contributed by atoms with Crippen molar-refractivity contribution in [2.75, 3.05) is 13.1 Å². The van der Waals surface area contributed by atoms with Crippen LogP contribution in [-0.4, -0.2) is 38.7 Å². The second kappa shape index (κ2) is 3.63. The average Bonchev–Trinajstić information content (AvgIpc) is 2.47. The van der Waals surface area contributed by atoms with E-state index in [0.29, 0.717) is 6.54 Å². The van der Waals surface area contributed by atoms with Gasteiger partial charge in [0.2, 0.25) is 0 Å². The van der Waals surface area contributed by atoms with Crippen molar-refractivity contribution in [2.24, 2.45) is 0 Å². The van der Waals surface area contributed by atoms with Gasteiger partial charge in [-0.05, 0) is 19.4 Å². The molecule has 1 N–H and O–H groups in total. The van der Waals surface area contributed by atoms with Crippen molar-refractivity contribution in [3.63, 3.8) is 0 Å². The monoisotopic (exact) mass is 193 g/mol. The summed E-state index contributed by atoms with van der Waals surface area (Å²) in [6.07, 6.45) is 4.33. The highest BCUT2D eigenvalue weighted by Crippen LogP contribution is 2.20. The Morgan fingerprint density at radius 2 is 2.21 bits per heavy atom. The molecular weight excluding hydrogens is 178 g/mol. The zero-order chi connectivity index (χ0) is 10.0. The zero-order valence-corrected chi connectivity index (χ0v) is 8.35. The van der Waals surface area contributed by atoms with Crippen LogP contribution in [0.1, 0.15) is 19.2 Å². The fourth-order valence-corrected chi connectivity index (χ4v) is 1.79. The van der Waals surface area contributed by atoms with E-state index in [4.69, 9.17) is 0 Å². The Morgan fingerprint density at radius 1 is 1.50 bits per heavy atom. The van der Waals surface area contributed by atoms with Crippen LogP contribution in [0.4, 0.5) is 0 Å². The van der Waals surface area contributed by atoms with E-state index in [0.717, 1.165) is 25.3 Å². The van der Waals surface area contributed by atoms with Crippen molar-refractivity contribution in [2.45, 2.75) is 25.5 Å². The van der Waals surface area contributed by atoms with E-state index in [-0.39, 0.29) is 0 Å². The van der Waals surface area contributed by atoms with E-state index in [1.807, 2.05) is 13.0 Å². The summed E-state index contributed by atoms with van der Waals surface area (Å²) >= 11 is 0. The summed E-state index contributed by atoms with van der Waals surface area (Å²) in [5, 5.41) is 9.76. The molecule has 1 unspecified atom stereocenters.